The molecule has 1 fully saturated rings. The predicted octanol–water partition coefficient (Wildman–Crippen LogP) is 2.32. The van der Waals surface area contributed by atoms with Crippen LogP contribution in [0.4, 0.5) is 0 Å². The first kappa shape index (κ1) is 16.4. The lowest BCUT2D eigenvalue weighted by Gasteiger charge is -2.36. The molecule has 1 amide bonds. The zero-order valence-corrected chi connectivity index (χ0v) is 13.3. The van der Waals surface area contributed by atoms with Crippen molar-refractivity contribution in [1.29, 1.82) is 0 Å². The molecule has 4 nitrogen and oxygen atoms in total. The molecule has 106 valence electrons. The second kappa shape index (κ2) is 7.22. The molecule has 1 aliphatic rings. The van der Waals surface area contributed by atoms with Gasteiger partial charge in [0.1, 0.15) is 5.69 Å². The van der Waals surface area contributed by atoms with Crippen LogP contribution in [0.25, 0.3) is 0 Å². The van der Waals surface area contributed by atoms with E-state index in [0.717, 1.165) is 24.0 Å². The van der Waals surface area contributed by atoms with Crippen LogP contribution in [-0.4, -0.2) is 35.4 Å². The Bertz CT molecular complexity index is 426. The Morgan fingerprint density at radius 3 is 2.89 bits per heavy atom. The molecule has 2 atom stereocenters. The summed E-state index contributed by atoms with van der Waals surface area (Å²) in [5.74, 6) is 1.00. The van der Waals surface area contributed by atoms with E-state index in [1.54, 1.807) is 12.3 Å². The number of pyridine rings is 1. The van der Waals surface area contributed by atoms with Gasteiger partial charge < -0.3 is 10.6 Å². The van der Waals surface area contributed by atoms with E-state index in [1.807, 2.05) is 11.0 Å². The van der Waals surface area contributed by atoms with E-state index >= 15 is 0 Å². The molecule has 1 aromatic rings. The molecule has 2 unspecified atom stereocenters. The van der Waals surface area contributed by atoms with Crippen LogP contribution in [0.2, 0.25) is 0 Å². The van der Waals surface area contributed by atoms with Gasteiger partial charge in [0.2, 0.25) is 0 Å². The van der Waals surface area contributed by atoms with Gasteiger partial charge >= 0.3 is 0 Å². The average Bonchev–Trinajstić information content (AvgIpc) is 2.39. The third-order valence-electron chi connectivity index (χ3n) is 3.65. The summed E-state index contributed by atoms with van der Waals surface area (Å²) in [5.41, 5.74) is 6.26. The lowest BCUT2D eigenvalue weighted by atomic mass is 9.87. The van der Waals surface area contributed by atoms with Crippen molar-refractivity contribution >= 4 is 34.2 Å². The van der Waals surface area contributed by atoms with Crippen LogP contribution in [-0.2, 0) is 0 Å². The molecule has 1 saturated heterocycles. The summed E-state index contributed by atoms with van der Waals surface area (Å²) in [7, 11) is 0. The summed E-state index contributed by atoms with van der Waals surface area (Å²) in [6.45, 7) is 4.39. The quantitative estimate of drug-likeness (QED) is 0.892. The number of nitrogens with two attached hydrogens (primary N) is 1. The minimum absolute atomic E-state index is 0. The number of halogens is 2. The van der Waals surface area contributed by atoms with Gasteiger partial charge in [0.15, 0.2) is 0 Å². The van der Waals surface area contributed by atoms with Gasteiger partial charge in [-0.05, 0) is 52.9 Å². The second-order valence-electron chi connectivity index (χ2n) is 4.87. The number of carbonyl (C=O) groups is 1. The Morgan fingerprint density at radius 2 is 2.32 bits per heavy atom. The average molecular weight is 349 g/mol. The number of hydrogen-bond acceptors (Lipinski definition) is 3. The lowest BCUT2D eigenvalue weighted by Crippen LogP contribution is -2.45. The number of likely N-dealkylation sites (tertiary alicyclic amines) is 1. The summed E-state index contributed by atoms with van der Waals surface area (Å²) >= 11 is 3.32. The van der Waals surface area contributed by atoms with E-state index in [0.29, 0.717) is 24.1 Å². The lowest BCUT2D eigenvalue weighted by molar-refractivity contribution is 0.0612. The van der Waals surface area contributed by atoms with Crippen molar-refractivity contribution in [2.75, 3.05) is 19.6 Å². The van der Waals surface area contributed by atoms with Crippen molar-refractivity contribution < 1.29 is 4.79 Å². The van der Waals surface area contributed by atoms with E-state index in [9.17, 15) is 4.79 Å². The molecule has 2 rings (SSSR count). The number of rotatable bonds is 2. The molecule has 0 bridgehead atoms. The molecule has 0 spiro atoms. The number of piperidine rings is 1. The van der Waals surface area contributed by atoms with Crippen molar-refractivity contribution in [2.45, 2.75) is 13.3 Å². The molecular formula is C13H19BrClN3O. The molecule has 0 aliphatic carbocycles. The molecule has 19 heavy (non-hydrogen) atoms. The first-order valence-electron chi connectivity index (χ1n) is 6.22. The molecule has 2 heterocycles. The first-order chi connectivity index (χ1) is 8.61. The summed E-state index contributed by atoms with van der Waals surface area (Å²) in [6, 6.07) is 3.59. The molecule has 1 aromatic heterocycles. The molecule has 0 aromatic carbocycles. The van der Waals surface area contributed by atoms with Gasteiger partial charge in [-0.3, -0.25) is 4.79 Å². The summed E-state index contributed by atoms with van der Waals surface area (Å²) in [6.07, 6.45) is 2.67. The van der Waals surface area contributed by atoms with Crippen molar-refractivity contribution in [2.24, 2.45) is 17.6 Å². The van der Waals surface area contributed by atoms with E-state index in [2.05, 4.69) is 27.8 Å². The summed E-state index contributed by atoms with van der Waals surface area (Å²) in [5, 5.41) is 0. The Hall–Kier alpha value is -0.650. The zero-order valence-electron chi connectivity index (χ0n) is 10.9. The van der Waals surface area contributed by atoms with Crippen LogP contribution in [0, 0.1) is 11.8 Å². The molecular weight excluding hydrogens is 330 g/mol. The minimum atomic E-state index is 0. The van der Waals surface area contributed by atoms with Gasteiger partial charge in [-0.25, -0.2) is 4.98 Å². The van der Waals surface area contributed by atoms with Crippen molar-refractivity contribution in [3.63, 3.8) is 0 Å². The van der Waals surface area contributed by atoms with E-state index in [4.69, 9.17) is 5.73 Å². The maximum Gasteiger partial charge on any atom is 0.272 e. The summed E-state index contributed by atoms with van der Waals surface area (Å²) in [4.78, 5) is 18.3. The Labute approximate surface area is 128 Å². The highest BCUT2D eigenvalue weighted by molar-refractivity contribution is 9.10. The van der Waals surface area contributed by atoms with E-state index in [-0.39, 0.29) is 18.3 Å². The maximum atomic E-state index is 12.3. The Kier molecular flexibility index (Phi) is 6.23. The predicted molar refractivity (Wildman–Crippen MR) is 81.4 cm³/mol. The van der Waals surface area contributed by atoms with Crippen molar-refractivity contribution in [3.05, 3.63) is 28.5 Å². The van der Waals surface area contributed by atoms with E-state index in [1.165, 1.54) is 0 Å². The smallest absolute Gasteiger partial charge is 0.272 e. The highest BCUT2D eigenvalue weighted by Gasteiger charge is 2.28. The number of amides is 1. The Balaban J connectivity index is 0.00000180. The number of hydrogen-bond donors (Lipinski definition) is 1. The van der Waals surface area contributed by atoms with Crippen LogP contribution in [0.3, 0.4) is 0 Å². The third kappa shape index (κ3) is 3.91. The fourth-order valence-corrected chi connectivity index (χ4v) is 2.54. The summed E-state index contributed by atoms with van der Waals surface area (Å²) < 4.78 is 0.881. The highest BCUT2D eigenvalue weighted by atomic mass is 79.9. The second-order valence-corrected chi connectivity index (χ2v) is 5.79. The van der Waals surface area contributed by atoms with Gasteiger partial charge in [0.05, 0.1) is 0 Å². The SMILES string of the molecule is CC1CCN(C(=O)c2ccc(Br)cn2)CC1CN.Cl. The van der Waals surface area contributed by atoms with E-state index < -0.39 is 0 Å². The van der Waals surface area contributed by atoms with Gasteiger partial charge in [0.25, 0.3) is 5.91 Å². The minimum Gasteiger partial charge on any atom is -0.337 e. The number of nitrogens with zero attached hydrogens (tertiary/aromatic N) is 2. The molecule has 0 saturated carbocycles. The number of carbonyl (C=O) groups excluding carboxylic acids is 1. The van der Waals surface area contributed by atoms with Gasteiger partial charge in [-0.15, -0.1) is 12.4 Å². The fraction of sp³-hybridized carbons (Fsp3) is 0.538. The van der Waals surface area contributed by atoms with Gasteiger partial charge in [0, 0.05) is 23.8 Å². The molecule has 2 N–H and O–H groups in total. The zero-order chi connectivity index (χ0) is 13.1. The van der Waals surface area contributed by atoms with Crippen LogP contribution in [0.1, 0.15) is 23.8 Å². The molecule has 0 radical (unpaired) electrons. The largest absolute Gasteiger partial charge is 0.337 e. The van der Waals surface area contributed by atoms with Crippen LogP contribution in [0.5, 0.6) is 0 Å². The molecule has 6 heteroatoms. The monoisotopic (exact) mass is 347 g/mol. The normalized spacial score (nSPS) is 22.8. The topological polar surface area (TPSA) is 59.2 Å². The molecule has 1 aliphatic heterocycles. The van der Waals surface area contributed by atoms with Gasteiger partial charge in [-0.1, -0.05) is 6.92 Å². The highest BCUT2D eigenvalue weighted by Crippen LogP contribution is 2.23. The van der Waals surface area contributed by atoms with Gasteiger partial charge in [-0.2, -0.15) is 0 Å². The fourth-order valence-electron chi connectivity index (χ4n) is 2.31. The van der Waals surface area contributed by atoms with Crippen LogP contribution in [0.15, 0.2) is 22.8 Å². The first-order valence-corrected chi connectivity index (χ1v) is 7.02. The maximum absolute atomic E-state index is 12.3. The van der Waals surface area contributed by atoms with Crippen molar-refractivity contribution in [1.82, 2.24) is 9.88 Å². The standard InChI is InChI=1S/C13H18BrN3O.ClH/c1-9-4-5-17(8-10(9)6-15)13(18)12-3-2-11(14)7-16-12;/h2-3,7,9-10H,4-6,8,15H2,1H3;1H. The van der Waals surface area contributed by atoms with Crippen molar-refractivity contribution in [3.8, 4) is 0 Å². The third-order valence-corrected chi connectivity index (χ3v) is 4.12. The number of aromatic nitrogens is 1. The Morgan fingerprint density at radius 1 is 1.58 bits per heavy atom. The van der Waals surface area contributed by atoms with Crippen LogP contribution < -0.4 is 5.73 Å². The van der Waals surface area contributed by atoms with Crippen LogP contribution >= 0.6 is 28.3 Å².